The zero-order valence-electron chi connectivity index (χ0n) is 31.5. The number of nitrogens with one attached hydrogen (secondary N) is 1. The van der Waals surface area contributed by atoms with E-state index in [1.165, 1.54) is 11.1 Å². The van der Waals surface area contributed by atoms with Gasteiger partial charge in [-0.15, -0.1) is 6.42 Å². The Morgan fingerprint density at radius 2 is 1.56 bits per heavy atom. The molecule has 5 rings (SSSR count). The van der Waals surface area contributed by atoms with E-state index >= 15 is 0 Å². The third-order valence-corrected chi connectivity index (χ3v) is 11.4. The monoisotopic (exact) mass is 756 g/mol. The lowest BCUT2D eigenvalue weighted by atomic mass is 9.80. The number of nitrogens with zero attached hydrogens (tertiary/aromatic N) is 3. The number of methoxy groups -OCH3 is 2. The summed E-state index contributed by atoms with van der Waals surface area (Å²) in [4.78, 5) is 14.6. The van der Waals surface area contributed by atoms with Crippen LogP contribution in [0.1, 0.15) is 57.2 Å². The van der Waals surface area contributed by atoms with Gasteiger partial charge in [0.1, 0.15) is 29.4 Å². The van der Waals surface area contributed by atoms with E-state index < -0.39 is 44.8 Å². The van der Waals surface area contributed by atoms with E-state index in [0.717, 1.165) is 16.7 Å². The van der Waals surface area contributed by atoms with E-state index in [1.807, 2.05) is 78.9 Å². The van der Waals surface area contributed by atoms with Crippen LogP contribution < -0.4 is 14.8 Å². The van der Waals surface area contributed by atoms with Gasteiger partial charge in [0.15, 0.2) is 6.23 Å². The summed E-state index contributed by atoms with van der Waals surface area (Å²) in [5.41, 5.74) is 1.58. The lowest BCUT2D eigenvalue weighted by Crippen LogP contribution is -2.51. The van der Waals surface area contributed by atoms with Gasteiger partial charge in [-0.05, 0) is 68.7 Å². The van der Waals surface area contributed by atoms with Crippen LogP contribution in [0.4, 0.5) is 4.79 Å². The average Bonchev–Trinajstić information content (AvgIpc) is 3.57. The van der Waals surface area contributed by atoms with Crippen LogP contribution in [0.25, 0.3) is 0 Å². The highest BCUT2D eigenvalue weighted by Gasteiger charge is 2.47. The van der Waals surface area contributed by atoms with Gasteiger partial charge in [-0.1, -0.05) is 60.5 Å². The zero-order chi connectivity index (χ0) is 38.8. The minimum Gasteiger partial charge on any atom is -0.497 e. The summed E-state index contributed by atoms with van der Waals surface area (Å²) in [5, 5.41) is 22.1. The first-order valence-corrected chi connectivity index (χ1v) is 19.0. The molecule has 0 spiro atoms. The van der Waals surface area contributed by atoms with Crippen LogP contribution in [0.15, 0.2) is 90.6 Å². The Morgan fingerprint density at radius 3 is 2.07 bits per heavy atom. The highest BCUT2D eigenvalue weighted by molar-refractivity contribution is 7.44. The maximum absolute atomic E-state index is 13.2. The summed E-state index contributed by atoms with van der Waals surface area (Å²) in [6.45, 7) is 8.46. The SMILES string of the molecule is C#CC1=CN([C@H]2C[C@H](OP(OCCC#N)N(C(C)C)C(C)C)[C@@H](COC(c3ccccc3)(c3ccc(OC)cc3)c3ccc(OC)cc3)O2)C(=O)NC1O. The molecule has 2 unspecified atom stereocenters. The molecular formula is C41H49N4O8P. The molecule has 1 saturated heterocycles. The third-order valence-electron chi connectivity index (χ3n) is 9.25. The number of benzene rings is 3. The average molecular weight is 757 g/mol. The first kappa shape index (κ1) is 40.7. The molecule has 2 aliphatic heterocycles. The number of aliphatic hydroxyl groups excluding tert-OH is 1. The van der Waals surface area contributed by atoms with Crippen LogP contribution >= 0.6 is 8.53 Å². The molecule has 3 aromatic carbocycles. The van der Waals surface area contributed by atoms with Crippen molar-refractivity contribution in [3.8, 4) is 29.9 Å². The van der Waals surface area contributed by atoms with Gasteiger partial charge in [0, 0.05) is 24.7 Å². The number of rotatable bonds is 17. The molecule has 2 aliphatic rings. The van der Waals surface area contributed by atoms with Gasteiger partial charge in [-0.25, -0.2) is 9.46 Å². The third kappa shape index (κ3) is 9.06. The molecular weight excluding hydrogens is 707 g/mol. The van der Waals surface area contributed by atoms with Crippen LogP contribution in [0.2, 0.25) is 0 Å². The van der Waals surface area contributed by atoms with Gasteiger partial charge in [0.05, 0.1) is 51.6 Å². The summed E-state index contributed by atoms with van der Waals surface area (Å²) >= 11 is 0. The van der Waals surface area contributed by atoms with Crippen LogP contribution in [-0.2, 0) is 24.1 Å². The minimum absolute atomic E-state index is 0.0165. The second kappa shape index (κ2) is 18.7. The summed E-state index contributed by atoms with van der Waals surface area (Å²) < 4.78 is 40.2. The predicted octanol–water partition coefficient (Wildman–Crippen LogP) is 6.65. The van der Waals surface area contributed by atoms with Crippen molar-refractivity contribution in [2.24, 2.45) is 0 Å². The fraction of sp³-hybridized carbons (Fsp3) is 0.415. The lowest BCUT2D eigenvalue weighted by molar-refractivity contribution is -0.0965. The van der Waals surface area contributed by atoms with Crippen LogP contribution in [0.5, 0.6) is 11.5 Å². The quantitative estimate of drug-likeness (QED) is 0.0668. The van der Waals surface area contributed by atoms with Crippen molar-refractivity contribution in [3.63, 3.8) is 0 Å². The molecule has 0 aromatic heterocycles. The van der Waals surface area contributed by atoms with E-state index in [0.29, 0.717) is 11.5 Å². The number of hydrogen-bond acceptors (Lipinski definition) is 10. The molecule has 13 heteroatoms. The highest BCUT2D eigenvalue weighted by Crippen LogP contribution is 2.50. The maximum atomic E-state index is 13.2. The Hall–Kier alpha value is -4.49. The largest absolute Gasteiger partial charge is 0.497 e. The number of hydrogen-bond donors (Lipinski definition) is 2. The number of amides is 2. The van der Waals surface area contributed by atoms with Gasteiger partial charge in [-0.2, -0.15) is 5.26 Å². The number of nitriles is 1. The summed E-state index contributed by atoms with van der Waals surface area (Å²) in [5.74, 6) is 3.83. The number of carbonyl (C=O) groups excluding carboxylic acids is 1. The molecule has 2 N–H and O–H groups in total. The molecule has 0 radical (unpaired) electrons. The van der Waals surface area contributed by atoms with E-state index in [2.05, 4.69) is 49.7 Å². The second-order valence-electron chi connectivity index (χ2n) is 13.4. The standard InChI is InChI=1S/C41H49N4O8P/c1-8-30-26-44(40(47)43-39(30)46)38-25-36(53-54(51-24-12-23-42)45(28(2)3)29(4)5)37(52-38)27-50-41(31-13-10-9-11-14-31,32-15-19-34(48-6)20-16-32)33-17-21-35(49-7)22-18-33/h1,9-11,13-22,26,28-29,36-39,46H,12,24-25,27H2,2-7H3,(H,43,47)/t36-,37+,38+,39?,54?/m0/s1. The van der Waals surface area contributed by atoms with E-state index in [-0.39, 0.29) is 43.7 Å². The number of carbonyl (C=O) groups is 1. The predicted molar refractivity (Wildman–Crippen MR) is 205 cm³/mol. The van der Waals surface area contributed by atoms with Crippen molar-refractivity contribution >= 4 is 14.6 Å². The van der Waals surface area contributed by atoms with Crippen molar-refractivity contribution in [1.82, 2.24) is 14.9 Å². The lowest BCUT2D eigenvalue weighted by Gasteiger charge is -2.39. The molecule has 2 amide bonds. The van der Waals surface area contributed by atoms with Gasteiger partial charge in [0.2, 0.25) is 0 Å². The molecule has 3 aromatic rings. The summed E-state index contributed by atoms with van der Waals surface area (Å²) in [6, 6.07) is 27.1. The maximum Gasteiger partial charge on any atom is 0.325 e. The molecule has 54 heavy (non-hydrogen) atoms. The Labute approximate surface area is 319 Å². The Morgan fingerprint density at radius 1 is 0.981 bits per heavy atom. The molecule has 12 nitrogen and oxygen atoms in total. The molecule has 0 bridgehead atoms. The smallest absolute Gasteiger partial charge is 0.325 e. The van der Waals surface area contributed by atoms with Crippen molar-refractivity contribution in [2.75, 3.05) is 27.4 Å². The molecule has 0 saturated carbocycles. The van der Waals surface area contributed by atoms with Gasteiger partial charge >= 0.3 is 6.03 Å². The van der Waals surface area contributed by atoms with Crippen LogP contribution in [0, 0.1) is 23.7 Å². The van der Waals surface area contributed by atoms with Crippen molar-refractivity contribution in [2.45, 2.75) is 82.9 Å². The first-order chi connectivity index (χ1) is 26.1. The van der Waals surface area contributed by atoms with Crippen LogP contribution in [-0.4, -0.2) is 84.9 Å². The fourth-order valence-electron chi connectivity index (χ4n) is 6.70. The summed E-state index contributed by atoms with van der Waals surface area (Å²) in [7, 11) is 1.56. The Balaban J connectivity index is 1.59. The topological polar surface area (TPSA) is 135 Å². The van der Waals surface area contributed by atoms with E-state index in [4.69, 9.17) is 34.4 Å². The van der Waals surface area contributed by atoms with Crippen LogP contribution in [0.3, 0.4) is 0 Å². The van der Waals surface area contributed by atoms with E-state index in [9.17, 15) is 15.2 Å². The summed E-state index contributed by atoms with van der Waals surface area (Å²) in [6.07, 6.45) is 4.04. The first-order valence-electron chi connectivity index (χ1n) is 17.9. The van der Waals surface area contributed by atoms with Crippen molar-refractivity contribution in [3.05, 3.63) is 107 Å². The Kier molecular flexibility index (Phi) is 14.1. The zero-order valence-corrected chi connectivity index (χ0v) is 32.4. The van der Waals surface area contributed by atoms with Gasteiger partial charge in [-0.3, -0.25) is 4.90 Å². The number of aliphatic hydroxyl groups is 1. The van der Waals surface area contributed by atoms with Crippen molar-refractivity contribution in [1.29, 1.82) is 5.26 Å². The second-order valence-corrected chi connectivity index (χ2v) is 14.8. The number of terminal acetylenes is 1. The number of ether oxygens (including phenoxy) is 4. The van der Waals surface area contributed by atoms with Gasteiger partial charge in [0.25, 0.3) is 8.53 Å². The molecule has 286 valence electrons. The molecule has 0 aliphatic carbocycles. The molecule has 1 fully saturated rings. The molecule has 2 heterocycles. The molecule has 5 atom stereocenters. The number of urea groups is 1. The Bertz CT molecular complexity index is 1740. The van der Waals surface area contributed by atoms with Gasteiger partial charge < -0.3 is 38.4 Å². The normalized spacial score (nSPS) is 20.7. The highest BCUT2D eigenvalue weighted by atomic mass is 31.2. The minimum atomic E-state index is -1.69. The fourth-order valence-corrected chi connectivity index (χ4v) is 8.46. The van der Waals surface area contributed by atoms with E-state index in [1.54, 1.807) is 14.2 Å². The van der Waals surface area contributed by atoms with Crippen molar-refractivity contribution < 1.29 is 37.9 Å².